The third kappa shape index (κ3) is 3.38. The maximum absolute atomic E-state index is 13.2. The van der Waals surface area contributed by atoms with Gasteiger partial charge >= 0.3 is 0 Å². The zero-order chi connectivity index (χ0) is 19.6. The number of benzene rings is 2. The summed E-state index contributed by atoms with van der Waals surface area (Å²) in [6.45, 7) is 0.476. The fourth-order valence-corrected chi connectivity index (χ4v) is 3.25. The van der Waals surface area contributed by atoms with Gasteiger partial charge in [-0.2, -0.15) is 0 Å². The number of hydrogen-bond acceptors (Lipinski definition) is 6. The molecule has 0 saturated carbocycles. The lowest BCUT2D eigenvalue weighted by Crippen LogP contribution is -2.35. The largest absolute Gasteiger partial charge is 0.493 e. The number of fused-ring (bicyclic) bond motifs is 1. The standard InChI is InChI=1S/C19H20N2O6/c1-25-16-9-13(10-17(26-2)18(16)27-3)19(22)20-8-4-5-12-6-7-14(21(23)24)11-15(12)20/h6-7,9-11H,4-5,8H2,1-3H3. The summed E-state index contributed by atoms with van der Waals surface area (Å²) in [4.78, 5) is 25.4. The van der Waals surface area contributed by atoms with E-state index in [1.807, 2.05) is 0 Å². The van der Waals surface area contributed by atoms with Crippen molar-refractivity contribution in [2.75, 3.05) is 32.8 Å². The summed E-state index contributed by atoms with van der Waals surface area (Å²) in [6.07, 6.45) is 1.55. The number of ether oxygens (including phenoxy) is 3. The van der Waals surface area contributed by atoms with E-state index in [0.29, 0.717) is 35.0 Å². The Morgan fingerprint density at radius 1 is 1.07 bits per heavy atom. The summed E-state index contributed by atoms with van der Waals surface area (Å²) >= 11 is 0. The first-order chi connectivity index (χ1) is 13.0. The van der Waals surface area contributed by atoms with E-state index in [1.165, 1.54) is 33.5 Å². The number of hydrogen-bond donors (Lipinski definition) is 0. The number of methoxy groups -OCH3 is 3. The van der Waals surface area contributed by atoms with Crippen molar-refractivity contribution in [1.82, 2.24) is 0 Å². The Balaban J connectivity index is 2.05. The molecular weight excluding hydrogens is 352 g/mol. The minimum atomic E-state index is -0.461. The van der Waals surface area contributed by atoms with Crippen LogP contribution in [-0.4, -0.2) is 38.7 Å². The average Bonchev–Trinajstić information content (AvgIpc) is 2.70. The van der Waals surface area contributed by atoms with Crippen LogP contribution >= 0.6 is 0 Å². The summed E-state index contributed by atoms with van der Waals surface area (Å²) in [6, 6.07) is 7.78. The fourth-order valence-electron chi connectivity index (χ4n) is 3.25. The van der Waals surface area contributed by atoms with Gasteiger partial charge in [-0.05, 0) is 30.5 Å². The van der Waals surface area contributed by atoms with Crippen LogP contribution in [0.4, 0.5) is 11.4 Å². The number of anilines is 1. The number of nitro groups is 1. The molecule has 0 fully saturated rings. The van der Waals surface area contributed by atoms with Gasteiger partial charge in [0.05, 0.1) is 31.9 Å². The van der Waals surface area contributed by atoms with Crippen molar-refractivity contribution in [3.05, 3.63) is 51.6 Å². The van der Waals surface area contributed by atoms with Crippen LogP contribution in [0.3, 0.4) is 0 Å². The van der Waals surface area contributed by atoms with Gasteiger partial charge in [0, 0.05) is 24.2 Å². The molecule has 0 saturated heterocycles. The number of carbonyl (C=O) groups is 1. The molecule has 8 nitrogen and oxygen atoms in total. The molecule has 8 heteroatoms. The SMILES string of the molecule is COc1cc(C(=O)N2CCCc3ccc([N+](=O)[O-])cc32)cc(OC)c1OC. The van der Waals surface area contributed by atoms with Crippen LogP contribution in [0, 0.1) is 10.1 Å². The van der Waals surface area contributed by atoms with Crippen molar-refractivity contribution in [1.29, 1.82) is 0 Å². The highest BCUT2D eigenvalue weighted by molar-refractivity contribution is 6.07. The van der Waals surface area contributed by atoms with Gasteiger partial charge in [0.25, 0.3) is 11.6 Å². The first-order valence-electron chi connectivity index (χ1n) is 8.39. The number of aryl methyl sites for hydroxylation is 1. The van der Waals surface area contributed by atoms with Crippen LogP contribution in [0.2, 0.25) is 0 Å². The molecule has 3 rings (SSSR count). The van der Waals surface area contributed by atoms with Crippen LogP contribution in [0.1, 0.15) is 22.3 Å². The topological polar surface area (TPSA) is 91.1 Å². The number of amides is 1. The van der Waals surface area contributed by atoms with Crippen molar-refractivity contribution in [3.8, 4) is 17.2 Å². The van der Waals surface area contributed by atoms with Crippen molar-refractivity contribution >= 4 is 17.3 Å². The van der Waals surface area contributed by atoms with Crippen molar-refractivity contribution in [2.45, 2.75) is 12.8 Å². The Morgan fingerprint density at radius 2 is 1.74 bits per heavy atom. The highest BCUT2D eigenvalue weighted by Gasteiger charge is 2.27. The monoisotopic (exact) mass is 372 g/mol. The van der Waals surface area contributed by atoms with Gasteiger partial charge in [-0.15, -0.1) is 0 Å². The van der Waals surface area contributed by atoms with Crippen molar-refractivity contribution in [3.63, 3.8) is 0 Å². The molecule has 0 aromatic heterocycles. The number of non-ortho nitro benzene ring substituents is 1. The van der Waals surface area contributed by atoms with Crippen LogP contribution in [0.15, 0.2) is 30.3 Å². The molecule has 1 aliphatic rings. The predicted molar refractivity (Wildman–Crippen MR) is 99.2 cm³/mol. The van der Waals surface area contributed by atoms with Gasteiger partial charge < -0.3 is 19.1 Å². The molecule has 1 heterocycles. The summed E-state index contributed by atoms with van der Waals surface area (Å²) in [5.74, 6) is 0.856. The van der Waals surface area contributed by atoms with E-state index in [4.69, 9.17) is 14.2 Å². The van der Waals surface area contributed by atoms with E-state index in [2.05, 4.69) is 0 Å². The first-order valence-corrected chi connectivity index (χ1v) is 8.39. The molecule has 0 N–H and O–H groups in total. The molecule has 2 aromatic carbocycles. The van der Waals surface area contributed by atoms with Crippen molar-refractivity contribution in [2.24, 2.45) is 0 Å². The zero-order valence-electron chi connectivity index (χ0n) is 15.4. The van der Waals surface area contributed by atoms with Crippen LogP contribution in [-0.2, 0) is 6.42 Å². The van der Waals surface area contributed by atoms with E-state index in [0.717, 1.165) is 18.4 Å². The van der Waals surface area contributed by atoms with Gasteiger partial charge in [-0.25, -0.2) is 0 Å². The molecule has 0 bridgehead atoms. The van der Waals surface area contributed by atoms with Gasteiger partial charge in [0.1, 0.15) is 0 Å². The highest BCUT2D eigenvalue weighted by Crippen LogP contribution is 2.39. The molecule has 1 aliphatic heterocycles. The van der Waals surface area contributed by atoms with E-state index in [1.54, 1.807) is 23.1 Å². The lowest BCUT2D eigenvalue weighted by molar-refractivity contribution is -0.384. The Morgan fingerprint density at radius 3 is 2.30 bits per heavy atom. The second-order valence-corrected chi connectivity index (χ2v) is 6.04. The quantitative estimate of drug-likeness (QED) is 0.591. The summed E-state index contributed by atoms with van der Waals surface area (Å²) in [5, 5.41) is 11.1. The molecule has 0 aliphatic carbocycles. The average molecular weight is 372 g/mol. The van der Waals surface area contributed by atoms with Crippen molar-refractivity contribution < 1.29 is 23.9 Å². The molecule has 2 aromatic rings. The zero-order valence-corrected chi connectivity index (χ0v) is 15.4. The Hall–Kier alpha value is -3.29. The first kappa shape index (κ1) is 18.5. The Kier molecular flexibility index (Phi) is 5.16. The number of rotatable bonds is 5. The molecule has 0 unspecified atom stereocenters. The highest BCUT2D eigenvalue weighted by atomic mass is 16.6. The molecular formula is C19H20N2O6. The molecule has 0 radical (unpaired) electrons. The minimum absolute atomic E-state index is 0.0432. The van der Waals surface area contributed by atoms with Gasteiger partial charge in [0.15, 0.2) is 11.5 Å². The van der Waals surface area contributed by atoms with Gasteiger partial charge in [-0.3, -0.25) is 14.9 Å². The fraction of sp³-hybridized carbons (Fsp3) is 0.316. The van der Waals surface area contributed by atoms with E-state index < -0.39 is 4.92 Å². The summed E-state index contributed by atoms with van der Waals surface area (Å²) < 4.78 is 15.9. The maximum atomic E-state index is 13.2. The predicted octanol–water partition coefficient (Wildman–Crippen LogP) is 3.21. The number of nitro benzene ring substituents is 1. The smallest absolute Gasteiger partial charge is 0.271 e. The van der Waals surface area contributed by atoms with Crippen LogP contribution in [0.25, 0.3) is 0 Å². The number of nitrogens with zero attached hydrogens (tertiary/aromatic N) is 2. The molecule has 0 atom stereocenters. The van der Waals surface area contributed by atoms with Crippen LogP contribution < -0.4 is 19.1 Å². The molecule has 142 valence electrons. The molecule has 0 spiro atoms. The minimum Gasteiger partial charge on any atom is -0.493 e. The third-order valence-electron chi connectivity index (χ3n) is 4.56. The van der Waals surface area contributed by atoms with Gasteiger partial charge in [0.2, 0.25) is 5.75 Å². The summed E-state index contributed by atoms with van der Waals surface area (Å²) in [5.41, 5.74) is 1.78. The number of carbonyl (C=O) groups excluding carboxylic acids is 1. The molecule has 1 amide bonds. The second-order valence-electron chi connectivity index (χ2n) is 6.04. The lowest BCUT2D eigenvalue weighted by Gasteiger charge is -2.29. The summed E-state index contributed by atoms with van der Waals surface area (Å²) in [7, 11) is 4.44. The third-order valence-corrected chi connectivity index (χ3v) is 4.56. The normalized spacial score (nSPS) is 12.9. The van der Waals surface area contributed by atoms with E-state index in [9.17, 15) is 14.9 Å². The molecule has 27 heavy (non-hydrogen) atoms. The van der Waals surface area contributed by atoms with E-state index in [-0.39, 0.29) is 11.6 Å². The second kappa shape index (κ2) is 7.53. The van der Waals surface area contributed by atoms with E-state index >= 15 is 0 Å². The van der Waals surface area contributed by atoms with Crippen LogP contribution in [0.5, 0.6) is 17.2 Å². The Labute approximate surface area is 156 Å². The maximum Gasteiger partial charge on any atom is 0.271 e. The Bertz CT molecular complexity index is 871. The lowest BCUT2D eigenvalue weighted by atomic mass is 10.00. The van der Waals surface area contributed by atoms with Gasteiger partial charge in [-0.1, -0.05) is 6.07 Å².